The van der Waals surface area contributed by atoms with Crippen molar-refractivity contribution in [3.8, 4) is 10.6 Å². The number of aliphatic carboxylic acids is 1. The molecule has 9 heteroatoms. The van der Waals surface area contributed by atoms with Crippen LogP contribution in [0.3, 0.4) is 0 Å². The van der Waals surface area contributed by atoms with Crippen LogP contribution in [-0.4, -0.2) is 22.6 Å². The predicted molar refractivity (Wildman–Crippen MR) is 119 cm³/mol. The lowest BCUT2D eigenvalue weighted by Crippen LogP contribution is -2.08. The summed E-state index contributed by atoms with van der Waals surface area (Å²) in [7, 11) is 0. The zero-order chi connectivity index (χ0) is 22.6. The van der Waals surface area contributed by atoms with Gasteiger partial charge in [0.2, 0.25) is 0 Å². The molecule has 0 aliphatic rings. The fourth-order valence-corrected chi connectivity index (χ4v) is 5.07. The largest absolute Gasteiger partial charge is 0.481 e. The van der Waals surface area contributed by atoms with Gasteiger partial charge in [-0.2, -0.15) is 13.2 Å². The van der Waals surface area contributed by atoms with Gasteiger partial charge >= 0.3 is 12.1 Å². The predicted octanol–water partition coefficient (Wildman–Crippen LogP) is 6.62. The smallest absolute Gasteiger partial charge is 0.416 e. The first-order chi connectivity index (χ1) is 14.6. The minimum atomic E-state index is -4.35. The van der Waals surface area contributed by atoms with Gasteiger partial charge in [0.25, 0.3) is 0 Å². The first-order valence-corrected chi connectivity index (χ1v) is 11.3. The molecule has 0 aliphatic carbocycles. The van der Waals surface area contributed by atoms with Gasteiger partial charge in [-0.1, -0.05) is 12.1 Å². The molecule has 3 rings (SSSR count). The third kappa shape index (κ3) is 6.24. The number of hydrogen-bond donors (Lipinski definition) is 2. The van der Waals surface area contributed by atoms with E-state index in [-0.39, 0.29) is 6.42 Å². The second-order valence-corrected chi connectivity index (χ2v) is 9.07. The van der Waals surface area contributed by atoms with Crippen LogP contribution in [-0.2, 0) is 16.7 Å². The van der Waals surface area contributed by atoms with Crippen molar-refractivity contribution in [2.24, 2.45) is 0 Å². The third-order valence-corrected chi connectivity index (χ3v) is 6.98. The second-order valence-electron chi connectivity index (χ2n) is 6.94. The van der Waals surface area contributed by atoms with Crippen molar-refractivity contribution in [3.63, 3.8) is 0 Å². The zero-order valence-corrected chi connectivity index (χ0v) is 18.5. The van der Waals surface area contributed by atoms with E-state index in [4.69, 9.17) is 5.11 Å². The van der Waals surface area contributed by atoms with Crippen LogP contribution >= 0.6 is 23.1 Å². The van der Waals surface area contributed by atoms with Gasteiger partial charge in [-0.3, -0.25) is 4.79 Å². The number of hydrogen-bond acceptors (Lipinski definition) is 5. The standard InChI is InChI=1S/C22H21F3N2O2S2/c1-13-11-17(7-8-18(13)26-10-9-20(28)29)30-12-19-14(2)27-21(31-19)15-3-5-16(6-4-15)22(23,24)25/h3-8,11,26H,9-10,12H2,1-2H3,(H,28,29). The summed E-state index contributed by atoms with van der Waals surface area (Å²) >= 11 is 3.14. The van der Waals surface area contributed by atoms with Gasteiger partial charge in [0, 0.05) is 33.3 Å². The molecular weight excluding hydrogens is 445 g/mol. The van der Waals surface area contributed by atoms with Gasteiger partial charge < -0.3 is 10.4 Å². The number of anilines is 1. The van der Waals surface area contributed by atoms with Crippen molar-refractivity contribution < 1.29 is 23.1 Å². The van der Waals surface area contributed by atoms with Crippen molar-refractivity contribution in [2.75, 3.05) is 11.9 Å². The Morgan fingerprint density at radius 2 is 1.87 bits per heavy atom. The number of halogens is 3. The highest BCUT2D eigenvalue weighted by molar-refractivity contribution is 7.98. The monoisotopic (exact) mass is 466 g/mol. The molecule has 0 fully saturated rings. The fourth-order valence-electron chi connectivity index (χ4n) is 2.86. The maximum atomic E-state index is 12.8. The molecular formula is C22H21F3N2O2S2. The van der Waals surface area contributed by atoms with E-state index in [9.17, 15) is 18.0 Å². The highest BCUT2D eigenvalue weighted by atomic mass is 32.2. The van der Waals surface area contributed by atoms with Gasteiger partial charge in [-0.25, -0.2) is 4.98 Å². The Balaban J connectivity index is 1.64. The summed E-state index contributed by atoms with van der Waals surface area (Å²) in [6, 6.07) is 11.0. The van der Waals surface area contributed by atoms with Gasteiger partial charge in [0.05, 0.1) is 17.7 Å². The minimum Gasteiger partial charge on any atom is -0.481 e. The number of benzene rings is 2. The average Bonchev–Trinajstić information content (AvgIpc) is 3.08. The van der Waals surface area contributed by atoms with E-state index in [0.29, 0.717) is 22.9 Å². The summed E-state index contributed by atoms with van der Waals surface area (Å²) in [5, 5.41) is 12.6. The maximum Gasteiger partial charge on any atom is 0.416 e. The highest BCUT2D eigenvalue weighted by Crippen LogP contribution is 2.35. The van der Waals surface area contributed by atoms with Crippen LogP contribution < -0.4 is 5.32 Å². The number of rotatable bonds is 8. The molecule has 164 valence electrons. The number of thiazole rings is 1. The van der Waals surface area contributed by atoms with Gasteiger partial charge in [0.1, 0.15) is 5.01 Å². The Bertz CT molecular complexity index is 1060. The molecule has 0 aliphatic heterocycles. The molecule has 0 amide bonds. The SMILES string of the molecule is Cc1cc(SCc2sc(-c3ccc(C(F)(F)F)cc3)nc2C)ccc1NCCC(=O)O. The number of thioether (sulfide) groups is 1. The summed E-state index contributed by atoms with van der Waals surface area (Å²) in [5.74, 6) is -0.136. The summed E-state index contributed by atoms with van der Waals surface area (Å²) in [4.78, 5) is 17.3. The number of carboxylic acid groups (broad SMARTS) is 1. The quantitative estimate of drug-likeness (QED) is 0.365. The van der Waals surface area contributed by atoms with E-state index < -0.39 is 17.7 Å². The number of carbonyl (C=O) groups is 1. The fraction of sp³-hybridized carbons (Fsp3) is 0.273. The second kappa shape index (κ2) is 9.74. The van der Waals surface area contributed by atoms with Crippen molar-refractivity contribution in [1.82, 2.24) is 4.98 Å². The number of aryl methyl sites for hydroxylation is 2. The lowest BCUT2D eigenvalue weighted by atomic mass is 10.1. The molecule has 0 radical (unpaired) electrons. The summed E-state index contributed by atoms with van der Waals surface area (Å²) < 4.78 is 38.3. The lowest BCUT2D eigenvalue weighted by molar-refractivity contribution is -0.138. The van der Waals surface area contributed by atoms with Crippen LogP contribution in [0.1, 0.15) is 28.1 Å². The molecule has 1 heterocycles. The van der Waals surface area contributed by atoms with Crippen LogP contribution in [0.2, 0.25) is 0 Å². The van der Waals surface area contributed by atoms with E-state index in [1.54, 1.807) is 11.8 Å². The Hall–Kier alpha value is -2.52. The molecule has 2 N–H and O–H groups in total. The molecule has 31 heavy (non-hydrogen) atoms. The highest BCUT2D eigenvalue weighted by Gasteiger charge is 2.30. The topological polar surface area (TPSA) is 62.2 Å². The number of nitrogens with one attached hydrogen (secondary N) is 1. The van der Waals surface area contributed by atoms with Gasteiger partial charge in [-0.15, -0.1) is 23.1 Å². The van der Waals surface area contributed by atoms with E-state index in [2.05, 4.69) is 10.3 Å². The number of alkyl halides is 3. The molecule has 0 saturated carbocycles. The summed E-state index contributed by atoms with van der Waals surface area (Å²) in [5.41, 5.74) is 2.81. The molecule has 3 aromatic rings. The van der Waals surface area contributed by atoms with Crippen LogP contribution in [0.4, 0.5) is 18.9 Å². The molecule has 0 spiro atoms. The molecule has 1 aromatic heterocycles. The van der Waals surface area contributed by atoms with Crippen LogP contribution in [0.25, 0.3) is 10.6 Å². The minimum absolute atomic E-state index is 0.0574. The molecule has 0 atom stereocenters. The van der Waals surface area contributed by atoms with Crippen molar-refractivity contribution in [1.29, 1.82) is 0 Å². The number of nitrogens with zero attached hydrogens (tertiary/aromatic N) is 1. The lowest BCUT2D eigenvalue weighted by Gasteiger charge is -2.10. The molecule has 4 nitrogen and oxygen atoms in total. The first-order valence-electron chi connectivity index (χ1n) is 9.46. The Morgan fingerprint density at radius 1 is 1.16 bits per heavy atom. The van der Waals surface area contributed by atoms with Crippen molar-refractivity contribution in [3.05, 3.63) is 64.2 Å². The van der Waals surface area contributed by atoms with Gasteiger partial charge in [-0.05, 0) is 49.7 Å². The number of aromatic nitrogens is 1. The summed E-state index contributed by atoms with van der Waals surface area (Å²) in [6.07, 6.45) is -4.29. The molecule has 0 saturated heterocycles. The van der Waals surface area contributed by atoms with E-state index >= 15 is 0 Å². The third-order valence-electron chi connectivity index (χ3n) is 4.57. The molecule has 2 aromatic carbocycles. The van der Waals surface area contributed by atoms with E-state index in [1.165, 1.54) is 23.5 Å². The zero-order valence-electron chi connectivity index (χ0n) is 16.9. The first kappa shape index (κ1) is 23.1. The summed E-state index contributed by atoms with van der Waals surface area (Å²) in [6.45, 7) is 4.24. The average molecular weight is 467 g/mol. The van der Waals surface area contributed by atoms with Crippen LogP contribution in [0, 0.1) is 13.8 Å². The van der Waals surface area contributed by atoms with Gasteiger partial charge in [0.15, 0.2) is 0 Å². The Kier molecular flexibility index (Phi) is 7.27. The van der Waals surface area contributed by atoms with Crippen molar-refractivity contribution >= 4 is 34.8 Å². The Labute approximate surface area is 186 Å². The molecule has 0 bridgehead atoms. The van der Waals surface area contributed by atoms with Crippen molar-refractivity contribution in [2.45, 2.75) is 37.1 Å². The van der Waals surface area contributed by atoms with Crippen LogP contribution in [0.15, 0.2) is 47.4 Å². The maximum absolute atomic E-state index is 12.8. The Morgan fingerprint density at radius 3 is 2.48 bits per heavy atom. The normalized spacial score (nSPS) is 11.5. The molecule has 0 unspecified atom stereocenters. The van der Waals surface area contributed by atoms with E-state index in [0.717, 1.165) is 38.9 Å². The van der Waals surface area contributed by atoms with Crippen LogP contribution in [0.5, 0.6) is 0 Å². The van der Waals surface area contributed by atoms with E-state index in [1.807, 2.05) is 32.0 Å². The number of carboxylic acids is 1.